The number of aliphatic imine (C=N–C) groups is 1. The Balaban J connectivity index is 1.40. The van der Waals surface area contributed by atoms with Crippen LogP contribution in [0, 0.1) is 5.92 Å². The lowest BCUT2D eigenvalue weighted by molar-refractivity contribution is 0.232. The molecule has 0 bridgehead atoms. The molecule has 1 aliphatic carbocycles. The minimum absolute atomic E-state index is 0.713. The standard InChI is InChI=1S/C20H32N4/c1-2-21-20(22-11-14-24-12-7-4-8-13-24)23-16-18-15-19(18)17-9-5-3-6-10-17/h3,5-6,9-10,18-19H,2,4,7-8,11-16H2,1H3,(H2,21,22,23). The Morgan fingerprint density at radius 2 is 1.92 bits per heavy atom. The second kappa shape index (κ2) is 9.07. The number of guanidine groups is 1. The van der Waals surface area contributed by atoms with Gasteiger partial charge in [0, 0.05) is 26.2 Å². The Labute approximate surface area is 146 Å². The molecule has 0 radical (unpaired) electrons. The van der Waals surface area contributed by atoms with Crippen LogP contribution in [0.25, 0.3) is 0 Å². The summed E-state index contributed by atoms with van der Waals surface area (Å²) in [5.41, 5.74) is 1.47. The number of nitrogens with one attached hydrogen (secondary N) is 2. The highest BCUT2D eigenvalue weighted by Gasteiger charge is 2.37. The molecule has 0 amide bonds. The molecule has 0 spiro atoms. The minimum atomic E-state index is 0.713. The zero-order chi connectivity index (χ0) is 16.6. The van der Waals surface area contributed by atoms with Gasteiger partial charge in [-0.2, -0.15) is 0 Å². The predicted octanol–water partition coefficient (Wildman–Crippen LogP) is 2.83. The first kappa shape index (κ1) is 17.3. The van der Waals surface area contributed by atoms with Gasteiger partial charge in [-0.05, 0) is 56.7 Å². The second-order valence-corrected chi connectivity index (χ2v) is 7.06. The molecule has 2 N–H and O–H groups in total. The summed E-state index contributed by atoms with van der Waals surface area (Å²) >= 11 is 0. The fourth-order valence-corrected chi connectivity index (χ4v) is 3.62. The third kappa shape index (κ3) is 5.23. The Bertz CT molecular complexity index is 508. The predicted molar refractivity (Wildman–Crippen MR) is 102 cm³/mol. The zero-order valence-corrected chi connectivity index (χ0v) is 15.0. The Kier molecular flexibility index (Phi) is 6.53. The summed E-state index contributed by atoms with van der Waals surface area (Å²) in [4.78, 5) is 7.37. The van der Waals surface area contributed by atoms with Crippen LogP contribution in [0.3, 0.4) is 0 Å². The van der Waals surface area contributed by atoms with E-state index in [-0.39, 0.29) is 0 Å². The number of benzene rings is 1. The summed E-state index contributed by atoms with van der Waals surface area (Å²) in [7, 11) is 0. The largest absolute Gasteiger partial charge is 0.357 e. The van der Waals surface area contributed by atoms with Crippen LogP contribution in [0.4, 0.5) is 0 Å². The molecule has 2 unspecified atom stereocenters. The van der Waals surface area contributed by atoms with Crippen molar-refractivity contribution in [1.29, 1.82) is 0 Å². The van der Waals surface area contributed by atoms with Crippen LogP contribution in [0.2, 0.25) is 0 Å². The van der Waals surface area contributed by atoms with E-state index in [4.69, 9.17) is 4.99 Å². The van der Waals surface area contributed by atoms with Gasteiger partial charge in [0.15, 0.2) is 5.96 Å². The molecule has 2 fully saturated rings. The van der Waals surface area contributed by atoms with E-state index < -0.39 is 0 Å². The molecule has 3 rings (SSSR count). The molecule has 1 aromatic rings. The van der Waals surface area contributed by atoms with E-state index in [0.29, 0.717) is 11.8 Å². The fourth-order valence-electron chi connectivity index (χ4n) is 3.62. The molecule has 4 heteroatoms. The smallest absolute Gasteiger partial charge is 0.191 e. The molecule has 1 aromatic carbocycles. The average molecular weight is 329 g/mol. The van der Waals surface area contributed by atoms with E-state index in [1.54, 1.807) is 0 Å². The quantitative estimate of drug-likeness (QED) is 0.597. The van der Waals surface area contributed by atoms with E-state index in [1.165, 1.54) is 44.3 Å². The summed E-state index contributed by atoms with van der Waals surface area (Å²) < 4.78 is 0. The summed E-state index contributed by atoms with van der Waals surface area (Å²) in [6.07, 6.45) is 5.39. The van der Waals surface area contributed by atoms with E-state index in [0.717, 1.165) is 32.1 Å². The Morgan fingerprint density at radius 1 is 1.12 bits per heavy atom. The normalized spacial score (nSPS) is 24.6. The molecule has 1 aliphatic heterocycles. The number of hydrogen-bond acceptors (Lipinski definition) is 2. The highest BCUT2D eigenvalue weighted by atomic mass is 15.2. The molecule has 2 atom stereocenters. The molecular formula is C20H32N4. The molecule has 132 valence electrons. The van der Waals surface area contributed by atoms with Crippen molar-refractivity contribution in [2.24, 2.45) is 10.9 Å². The van der Waals surface area contributed by atoms with Crippen molar-refractivity contribution >= 4 is 5.96 Å². The third-order valence-electron chi connectivity index (χ3n) is 5.15. The van der Waals surface area contributed by atoms with Crippen molar-refractivity contribution in [2.75, 3.05) is 39.3 Å². The van der Waals surface area contributed by atoms with Crippen molar-refractivity contribution < 1.29 is 0 Å². The molecule has 0 aromatic heterocycles. The molecule has 1 heterocycles. The molecule has 1 saturated heterocycles. The molecular weight excluding hydrogens is 296 g/mol. The van der Waals surface area contributed by atoms with E-state index in [1.807, 2.05) is 0 Å². The van der Waals surface area contributed by atoms with Gasteiger partial charge >= 0.3 is 0 Å². The van der Waals surface area contributed by atoms with Crippen LogP contribution in [-0.4, -0.2) is 50.1 Å². The maximum atomic E-state index is 4.81. The van der Waals surface area contributed by atoms with Gasteiger partial charge in [-0.3, -0.25) is 4.99 Å². The average Bonchev–Trinajstić information content (AvgIpc) is 3.41. The third-order valence-corrected chi connectivity index (χ3v) is 5.15. The topological polar surface area (TPSA) is 39.7 Å². The number of rotatable bonds is 7. The lowest BCUT2D eigenvalue weighted by Gasteiger charge is -2.26. The fraction of sp³-hybridized carbons (Fsp3) is 0.650. The van der Waals surface area contributed by atoms with Crippen LogP contribution >= 0.6 is 0 Å². The number of likely N-dealkylation sites (tertiary alicyclic amines) is 1. The van der Waals surface area contributed by atoms with E-state index in [2.05, 4.69) is 52.8 Å². The van der Waals surface area contributed by atoms with Gasteiger partial charge in [0.05, 0.1) is 0 Å². The first-order valence-corrected chi connectivity index (χ1v) is 9.66. The summed E-state index contributed by atoms with van der Waals surface area (Å²) in [6.45, 7) is 8.61. The molecule has 24 heavy (non-hydrogen) atoms. The lowest BCUT2D eigenvalue weighted by Crippen LogP contribution is -2.42. The SMILES string of the molecule is CCNC(=NCC1CC1c1ccccc1)NCCN1CCCCC1. The van der Waals surface area contributed by atoms with Crippen molar-refractivity contribution in [3.05, 3.63) is 35.9 Å². The first-order valence-electron chi connectivity index (χ1n) is 9.66. The maximum Gasteiger partial charge on any atom is 0.191 e. The minimum Gasteiger partial charge on any atom is -0.357 e. The van der Waals surface area contributed by atoms with Crippen LogP contribution in [0.1, 0.15) is 44.1 Å². The maximum absolute atomic E-state index is 4.81. The van der Waals surface area contributed by atoms with E-state index >= 15 is 0 Å². The van der Waals surface area contributed by atoms with Crippen LogP contribution in [0.5, 0.6) is 0 Å². The van der Waals surface area contributed by atoms with Crippen LogP contribution in [0.15, 0.2) is 35.3 Å². The highest BCUT2D eigenvalue weighted by Crippen LogP contribution is 2.47. The summed E-state index contributed by atoms with van der Waals surface area (Å²) in [5.74, 6) is 2.41. The molecule has 4 nitrogen and oxygen atoms in total. The second-order valence-electron chi connectivity index (χ2n) is 7.06. The zero-order valence-electron chi connectivity index (χ0n) is 15.0. The van der Waals surface area contributed by atoms with Gasteiger partial charge in [-0.1, -0.05) is 36.8 Å². The van der Waals surface area contributed by atoms with Gasteiger partial charge in [-0.15, -0.1) is 0 Å². The van der Waals surface area contributed by atoms with E-state index in [9.17, 15) is 0 Å². The van der Waals surface area contributed by atoms with Crippen LogP contribution < -0.4 is 10.6 Å². The monoisotopic (exact) mass is 328 g/mol. The molecule has 2 aliphatic rings. The van der Waals surface area contributed by atoms with Crippen molar-refractivity contribution in [3.8, 4) is 0 Å². The number of nitrogens with zero attached hydrogens (tertiary/aromatic N) is 2. The van der Waals surface area contributed by atoms with Crippen LogP contribution in [-0.2, 0) is 0 Å². The Morgan fingerprint density at radius 3 is 2.67 bits per heavy atom. The van der Waals surface area contributed by atoms with Gasteiger partial charge in [0.1, 0.15) is 0 Å². The number of piperidine rings is 1. The molecule has 1 saturated carbocycles. The van der Waals surface area contributed by atoms with Gasteiger partial charge < -0.3 is 15.5 Å². The van der Waals surface area contributed by atoms with Gasteiger partial charge in [-0.25, -0.2) is 0 Å². The highest BCUT2D eigenvalue weighted by molar-refractivity contribution is 5.79. The summed E-state index contributed by atoms with van der Waals surface area (Å²) in [5, 5.41) is 6.88. The van der Waals surface area contributed by atoms with Gasteiger partial charge in [0.25, 0.3) is 0 Å². The summed E-state index contributed by atoms with van der Waals surface area (Å²) in [6, 6.07) is 10.9. The Hall–Kier alpha value is -1.55. The van der Waals surface area contributed by atoms with Crippen molar-refractivity contribution in [3.63, 3.8) is 0 Å². The first-order chi connectivity index (χ1) is 11.9. The van der Waals surface area contributed by atoms with Gasteiger partial charge in [0.2, 0.25) is 0 Å². The number of hydrogen-bond donors (Lipinski definition) is 2. The lowest BCUT2D eigenvalue weighted by atomic mass is 10.1. The van der Waals surface area contributed by atoms with Crippen molar-refractivity contribution in [1.82, 2.24) is 15.5 Å². The van der Waals surface area contributed by atoms with Crippen molar-refractivity contribution in [2.45, 2.75) is 38.5 Å².